The fraction of sp³-hybridized carbons (Fsp3) is 0.714. The maximum Gasteiger partial charge on any atom is 0.334 e. The predicted octanol–water partition coefficient (Wildman–Crippen LogP) is 2.28. The van der Waals surface area contributed by atoms with Gasteiger partial charge in [-0.15, -0.1) is 0 Å². The monoisotopic (exact) mass is 394 g/mol. The van der Waals surface area contributed by atoms with Gasteiger partial charge in [0.25, 0.3) is 0 Å². The largest absolute Gasteiger partial charge is 0.461 e. The van der Waals surface area contributed by atoms with E-state index in [9.17, 15) is 14.7 Å². The van der Waals surface area contributed by atoms with Crippen LogP contribution in [0.25, 0.3) is 0 Å². The fourth-order valence-electron chi connectivity index (χ4n) is 4.35. The van der Waals surface area contributed by atoms with E-state index in [1.807, 2.05) is 20.8 Å². The number of aliphatic hydroxyl groups is 1. The Morgan fingerprint density at radius 3 is 2.79 bits per heavy atom. The summed E-state index contributed by atoms with van der Waals surface area (Å²) >= 11 is 0. The summed E-state index contributed by atoms with van der Waals surface area (Å²) in [6.45, 7) is 9.26. The number of esters is 2. The van der Waals surface area contributed by atoms with Crippen molar-refractivity contribution < 1.29 is 33.6 Å². The van der Waals surface area contributed by atoms with Gasteiger partial charge in [-0.1, -0.05) is 20.4 Å². The summed E-state index contributed by atoms with van der Waals surface area (Å²) in [7, 11) is 1.53. The second-order valence-corrected chi connectivity index (χ2v) is 8.27. The second kappa shape index (κ2) is 7.61. The van der Waals surface area contributed by atoms with E-state index < -0.39 is 35.5 Å². The standard InChI is InChI=1S/C21H30O7/c1-6-12(2)18(23)27-16-10-20(4)7-8-21(25-5,28-20)14(11-22)9-15-17(16)13(3)19(24)26-15/h9,12,15-17,22H,3,6-8,10-11H2,1-2,4-5H3. The number of carbonyl (C=O) groups is 2. The predicted molar refractivity (Wildman–Crippen MR) is 100 cm³/mol. The fourth-order valence-corrected chi connectivity index (χ4v) is 4.35. The van der Waals surface area contributed by atoms with Gasteiger partial charge in [-0.2, -0.15) is 0 Å². The Labute approximate surface area is 165 Å². The number of hydrogen-bond acceptors (Lipinski definition) is 7. The molecule has 2 fully saturated rings. The lowest BCUT2D eigenvalue weighted by molar-refractivity contribution is -0.221. The van der Waals surface area contributed by atoms with E-state index in [2.05, 4.69) is 6.58 Å². The molecule has 0 spiro atoms. The molecule has 3 rings (SSSR count). The zero-order valence-electron chi connectivity index (χ0n) is 17.0. The van der Waals surface area contributed by atoms with Crippen LogP contribution in [0.3, 0.4) is 0 Å². The number of aliphatic hydroxyl groups excluding tert-OH is 1. The minimum absolute atomic E-state index is 0.253. The van der Waals surface area contributed by atoms with Crippen LogP contribution in [0.5, 0.6) is 0 Å². The van der Waals surface area contributed by atoms with Crippen LogP contribution in [0.2, 0.25) is 0 Å². The average molecular weight is 394 g/mol. The minimum atomic E-state index is -1.08. The Balaban J connectivity index is 2.05. The molecule has 2 bridgehead atoms. The molecule has 0 aromatic rings. The summed E-state index contributed by atoms with van der Waals surface area (Å²) in [6.07, 6.45) is 2.59. The molecule has 0 aromatic carbocycles. The topological polar surface area (TPSA) is 91.3 Å². The lowest BCUT2D eigenvalue weighted by Crippen LogP contribution is -2.41. The van der Waals surface area contributed by atoms with Crippen molar-refractivity contribution in [3.8, 4) is 0 Å². The molecule has 1 N–H and O–H groups in total. The van der Waals surface area contributed by atoms with Gasteiger partial charge in [0.1, 0.15) is 12.2 Å². The molecule has 28 heavy (non-hydrogen) atoms. The minimum Gasteiger partial charge on any atom is -0.461 e. The van der Waals surface area contributed by atoms with Gasteiger partial charge in [0, 0.05) is 31.1 Å². The van der Waals surface area contributed by atoms with Crippen molar-refractivity contribution in [2.75, 3.05) is 13.7 Å². The number of fused-ring (bicyclic) bond motifs is 3. The molecule has 0 amide bonds. The van der Waals surface area contributed by atoms with Crippen LogP contribution >= 0.6 is 0 Å². The normalized spacial score (nSPS) is 38.6. The van der Waals surface area contributed by atoms with Crippen molar-refractivity contribution >= 4 is 11.9 Å². The van der Waals surface area contributed by atoms with Crippen LogP contribution in [0.1, 0.15) is 46.5 Å². The van der Waals surface area contributed by atoms with Gasteiger partial charge in [0.15, 0.2) is 5.79 Å². The number of hydrogen-bond donors (Lipinski definition) is 1. The van der Waals surface area contributed by atoms with Crippen LogP contribution in [0, 0.1) is 11.8 Å². The lowest BCUT2D eigenvalue weighted by atomic mass is 9.81. The molecular formula is C21H30O7. The maximum atomic E-state index is 12.6. The smallest absolute Gasteiger partial charge is 0.334 e. The number of rotatable bonds is 5. The number of methoxy groups -OCH3 is 1. The third-order valence-electron chi connectivity index (χ3n) is 6.33. The quantitative estimate of drug-likeness (QED) is 0.434. The van der Waals surface area contributed by atoms with Crippen molar-refractivity contribution in [2.45, 2.75) is 70.1 Å². The van der Waals surface area contributed by atoms with Crippen LogP contribution < -0.4 is 0 Å². The number of ether oxygens (including phenoxy) is 4. The molecule has 0 aliphatic carbocycles. The first-order valence-corrected chi connectivity index (χ1v) is 9.86. The number of carbonyl (C=O) groups excluding carboxylic acids is 2. The van der Waals surface area contributed by atoms with E-state index in [1.54, 1.807) is 6.08 Å². The van der Waals surface area contributed by atoms with Crippen LogP contribution in [-0.4, -0.2) is 54.4 Å². The van der Waals surface area contributed by atoms with Gasteiger partial charge in [-0.25, -0.2) is 4.79 Å². The van der Waals surface area contributed by atoms with Gasteiger partial charge < -0.3 is 24.1 Å². The van der Waals surface area contributed by atoms with Crippen LogP contribution in [0.15, 0.2) is 23.8 Å². The molecule has 3 aliphatic rings. The Morgan fingerprint density at radius 1 is 1.46 bits per heavy atom. The zero-order valence-corrected chi connectivity index (χ0v) is 17.0. The summed E-state index contributed by atoms with van der Waals surface area (Å²) in [5.74, 6) is -2.70. The molecule has 3 aliphatic heterocycles. The zero-order chi connectivity index (χ0) is 20.7. The molecule has 7 heteroatoms. The lowest BCUT2D eigenvalue weighted by Gasteiger charge is -2.35. The summed E-state index contributed by atoms with van der Waals surface area (Å²) in [5.41, 5.74) is 0.129. The molecule has 156 valence electrons. The summed E-state index contributed by atoms with van der Waals surface area (Å²) in [4.78, 5) is 24.8. The average Bonchev–Trinajstić information content (AvgIpc) is 3.16. The highest BCUT2D eigenvalue weighted by molar-refractivity contribution is 5.91. The van der Waals surface area contributed by atoms with E-state index in [1.165, 1.54) is 7.11 Å². The van der Waals surface area contributed by atoms with Crippen molar-refractivity contribution in [1.29, 1.82) is 0 Å². The van der Waals surface area contributed by atoms with Gasteiger partial charge >= 0.3 is 11.9 Å². The molecule has 3 heterocycles. The van der Waals surface area contributed by atoms with Crippen LogP contribution in [0.4, 0.5) is 0 Å². The first kappa shape index (κ1) is 21.0. The highest BCUT2D eigenvalue weighted by Crippen LogP contribution is 2.49. The summed E-state index contributed by atoms with van der Waals surface area (Å²) in [5, 5.41) is 9.99. The van der Waals surface area contributed by atoms with Crippen molar-refractivity contribution in [2.24, 2.45) is 11.8 Å². The van der Waals surface area contributed by atoms with Gasteiger partial charge in [-0.05, 0) is 25.8 Å². The Hall–Kier alpha value is -1.70. The van der Waals surface area contributed by atoms with E-state index >= 15 is 0 Å². The molecule has 2 saturated heterocycles. The first-order chi connectivity index (χ1) is 13.2. The Kier molecular flexibility index (Phi) is 5.71. The van der Waals surface area contributed by atoms with Crippen molar-refractivity contribution in [3.63, 3.8) is 0 Å². The van der Waals surface area contributed by atoms with E-state index in [4.69, 9.17) is 18.9 Å². The molecular weight excluding hydrogens is 364 g/mol. The SMILES string of the molecule is C=C1C(=O)OC2C=C(CO)C3(OC)CCC(C)(CC(OC(=O)C(C)CC)C12)O3. The molecule has 6 atom stereocenters. The third-order valence-corrected chi connectivity index (χ3v) is 6.33. The van der Waals surface area contributed by atoms with Crippen molar-refractivity contribution in [3.05, 3.63) is 23.8 Å². The van der Waals surface area contributed by atoms with E-state index in [0.717, 1.165) is 0 Å². The summed E-state index contributed by atoms with van der Waals surface area (Å²) < 4.78 is 23.4. The molecule has 0 radical (unpaired) electrons. The van der Waals surface area contributed by atoms with Crippen molar-refractivity contribution in [1.82, 2.24) is 0 Å². The maximum absolute atomic E-state index is 12.6. The van der Waals surface area contributed by atoms with E-state index in [0.29, 0.717) is 31.3 Å². The highest BCUT2D eigenvalue weighted by Gasteiger charge is 2.55. The highest BCUT2D eigenvalue weighted by atomic mass is 16.7. The molecule has 0 aromatic heterocycles. The van der Waals surface area contributed by atoms with Gasteiger partial charge in [0.05, 0.1) is 24.0 Å². The third kappa shape index (κ3) is 3.51. The first-order valence-electron chi connectivity index (χ1n) is 9.86. The molecule has 0 saturated carbocycles. The van der Waals surface area contributed by atoms with Gasteiger partial charge in [-0.3, -0.25) is 4.79 Å². The van der Waals surface area contributed by atoms with Gasteiger partial charge in [0.2, 0.25) is 0 Å². The Bertz CT molecular complexity index is 699. The molecule has 7 nitrogen and oxygen atoms in total. The van der Waals surface area contributed by atoms with E-state index in [-0.39, 0.29) is 24.1 Å². The van der Waals surface area contributed by atoms with Crippen LogP contribution in [-0.2, 0) is 28.5 Å². The second-order valence-electron chi connectivity index (χ2n) is 8.27. The Morgan fingerprint density at radius 2 is 2.18 bits per heavy atom. The summed E-state index contributed by atoms with van der Waals surface area (Å²) in [6, 6.07) is 0. The molecule has 6 unspecified atom stereocenters.